The number of benzene rings is 1. The monoisotopic (exact) mass is 290 g/mol. The van der Waals surface area contributed by atoms with Gasteiger partial charge in [0.25, 0.3) is 0 Å². The van der Waals surface area contributed by atoms with Crippen molar-refractivity contribution in [2.24, 2.45) is 5.92 Å². The Morgan fingerprint density at radius 2 is 2.19 bits per heavy atom. The lowest BCUT2D eigenvalue weighted by atomic mass is 10.0. The van der Waals surface area contributed by atoms with Crippen LogP contribution in [0.1, 0.15) is 31.7 Å². The molecular weight excluding hydrogens is 264 g/mol. The van der Waals surface area contributed by atoms with Gasteiger partial charge in [0.15, 0.2) is 0 Å². The van der Waals surface area contributed by atoms with Crippen LogP contribution in [-0.2, 0) is 11.3 Å². The Hall–Kier alpha value is -1.55. The number of rotatable bonds is 7. The molecule has 0 spiro atoms. The first-order chi connectivity index (χ1) is 10.3. The van der Waals surface area contributed by atoms with E-state index in [0.717, 1.165) is 24.4 Å². The highest BCUT2D eigenvalue weighted by molar-refractivity contribution is 5.67. The van der Waals surface area contributed by atoms with Crippen molar-refractivity contribution < 1.29 is 9.53 Å². The number of likely N-dealkylation sites (tertiary alicyclic amines) is 1. The van der Waals surface area contributed by atoms with Crippen LogP contribution in [0.5, 0.6) is 0 Å². The van der Waals surface area contributed by atoms with E-state index >= 15 is 0 Å². The maximum atomic E-state index is 11.6. The van der Waals surface area contributed by atoms with Crippen LogP contribution in [0.3, 0.4) is 0 Å². The molecule has 0 aromatic heterocycles. The van der Waals surface area contributed by atoms with Crippen LogP contribution in [0.4, 0.5) is 4.79 Å². The van der Waals surface area contributed by atoms with Gasteiger partial charge in [-0.25, -0.2) is 4.79 Å². The van der Waals surface area contributed by atoms with Crippen molar-refractivity contribution in [1.82, 2.24) is 10.2 Å². The van der Waals surface area contributed by atoms with E-state index in [1.54, 1.807) is 0 Å². The minimum Gasteiger partial charge on any atom is -0.445 e. The van der Waals surface area contributed by atoms with Crippen molar-refractivity contribution >= 4 is 6.09 Å². The van der Waals surface area contributed by atoms with Crippen LogP contribution in [0.25, 0.3) is 0 Å². The minimum atomic E-state index is -0.319. The molecule has 1 amide bonds. The predicted molar refractivity (Wildman–Crippen MR) is 84.1 cm³/mol. The lowest BCUT2D eigenvalue weighted by Crippen LogP contribution is -2.26. The topological polar surface area (TPSA) is 41.6 Å². The Bertz CT molecular complexity index is 422. The SMILES string of the molecule is CCN1CCC(CCCNC(=O)OCc2ccccc2)C1. The zero-order valence-electron chi connectivity index (χ0n) is 12.9. The first-order valence-corrected chi connectivity index (χ1v) is 7.95. The Morgan fingerprint density at radius 3 is 2.90 bits per heavy atom. The smallest absolute Gasteiger partial charge is 0.407 e. The summed E-state index contributed by atoms with van der Waals surface area (Å²) in [6, 6.07) is 9.74. The van der Waals surface area contributed by atoms with E-state index in [9.17, 15) is 4.79 Å². The van der Waals surface area contributed by atoms with E-state index < -0.39 is 0 Å². The Morgan fingerprint density at radius 1 is 1.38 bits per heavy atom. The highest BCUT2D eigenvalue weighted by atomic mass is 16.5. The van der Waals surface area contributed by atoms with E-state index in [2.05, 4.69) is 17.1 Å². The number of hydrogen-bond donors (Lipinski definition) is 1. The zero-order chi connectivity index (χ0) is 14.9. The maximum absolute atomic E-state index is 11.6. The normalized spacial score (nSPS) is 18.6. The standard InChI is InChI=1S/C17H26N2O2/c1-2-19-12-10-15(13-19)9-6-11-18-17(20)21-14-16-7-4-3-5-8-16/h3-5,7-8,15H,2,6,9-14H2,1H3,(H,18,20). The molecule has 1 heterocycles. The molecule has 1 aliphatic heterocycles. The predicted octanol–water partition coefficient (Wildman–Crippen LogP) is 3.03. The van der Waals surface area contributed by atoms with Crippen LogP contribution in [0.15, 0.2) is 30.3 Å². The number of amides is 1. The number of nitrogens with zero attached hydrogens (tertiary/aromatic N) is 1. The van der Waals surface area contributed by atoms with E-state index in [4.69, 9.17) is 4.74 Å². The van der Waals surface area contributed by atoms with Gasteiger partial charge in [0, 0.05) is 13.1 Å². The highest BCUT2D eigenvalue weighted by Gasteiger charge is 2.20. The number of carbonyl (C=O) groups is 1. The summed E-state index contributed by atoms with van der Waals surface area (Å²) in [5.41, 5.74) is 1.01. The van der Waals surface area contributed by atoms with Crippen LogP contribution >= 0.6 is 0 Å². The molecular formula is C17H26N2O2. The third kappa shape index (κ3) is 5.76. The van der Waals surface area contributed by atoms with E-state index in [-0.39, 0.29) is 6.09 Å². The first-order valence-electron chi connectivity index (χ1n) is 7.95. The molecule has 1 aromatic carbocycles. The molecule has 1 aromatic rings. The third-order valence-corrected chi connectivity index (χ3v) is 4.09. The van der Waals surface area contributed by atoms with Crippen LogP contribution < -0.4 is 5.32 Å². The van der Waals surface area contributed by atoms with E-state index in [0.29, 0.717) is 13.2 Å². The summed E-state index contributed by atoms with van der Waals surface area (Å²) in [6.45, 7) is 6.85. The fourth-order valence-electron chi connectivity index (χ4n) is 2.79. The molecule has 4 heteroatoms. The van der Waals surface area contributed by atoms with Crippen molar-refractivity contribution in [3.8, 4) is 0 Å². The molecule has 1 aliphatic rings. The average molecular weight is 290 g/mol. The van der Waals surface area contributed by atoms with Gasteiger partial charge in [-0.15, -0.1) is 0 Å². The molecule has 1 N–H and O–H groups in total. The lowest BCUT2D eigenvalue weighted by Gasteiger charge is -2.13. The molecule has 0 bridgehead atoms. The lowest BCUT2D eigenvalue weighted by molar-refractivity contribution is 0.139. The fraction of sp³-hybridized carbons (Fsp3) is 0.588. The summed E-state index contributed by atoms with van der Waals surface area (Å²) in [6.07, 6.45) is 3.20. The van der Waals surface area contributed by atoms with Gasteiger partial charge in [-0.1, -0.05) is 37.3 Å². The van der Waals surface area contributed by atoms with Gasteiger partial charge in [-0.3, -0.25) is 0 Å². The maximum Gasteiger partial charge on any atom is 0.407 e. The number of hydrogen-bond acceptors (Lipinski definition) is 3. The van der Waals surface area contributed by atoms with Crippen LogP contribution in [-0.4, -0.2) is 37.2 Å². The molecule has 0 saturated carbocycles. The van der Waals surface area contributed by atoms with Crippen molar-refractivity contribution in [2.75, 3.05) is 26.2 Å². The average Bonchev–Trinajstić information content (AvgIpc) is 2.98. The number of carbonyl (C=O) groups excluding carboxylic acids is 1. The number of alkyl carbamates (subject to hydrolysis) is 1. The number of ether oxygens (including phenoxy) is 1. The zero-order valence-corrected chi connectivity index (χ0v) is 12.9. The summed E-state index contributed by atoms with van der Waals surface area (Å²) in [7, 11) is 0. The summed E-state index contributed by atoms with van der Waals surface area (Å²) in [5.74, 6) is 0.798. The van der Waals surface area contributed by atoms with Crippen LogP contribution in [0, 0.1) is 5.92 Å². The van der Waals surface area contributed by atoms with Gasteiger partial charge >= 0.3 is 6.09 Å². The van der Waals surface area contributed by atoms with Gasteiger partial charge < -0.3 is 15.0 Å². The second-order valence-electron chi connectivity index (χ2n) is 5.68. The van der Waals surface area contributed by atoms with E-state index in [1.165, 1.54) is 25.9 Å². The fourth-order valence-corrected chi connectivity index (χ4v) is 2.79. The largest absolute Gasteiger partial charge is 0.445 e. The quantitative estimate of drug-likeness (QED) is 0.785. The van der Waals surface area contributed by atoms with Crippen molar-refractivity contribution in [3.63, 3.8) is 0 Å². The Balaban J connectivity index is 1.51. The Kier molecular flexibility index (Phi) is 6.54. The van der Waals surface area contributed by atoms with Gasteiger partial charge in [-0.2, -0.15) is 0 Å². The van der Waals surface area contributed by atoms with Gasteiger partial charge in [0.05, 0.1) is 0 Å². The highest BCUT2D eigenvalue weighted by Crippen LogP contribution is 2.20. The molecule has 21 heavy (non-hydrogen) atoms. The van der Waals surface area contributed by atoms with Crippen molar-refractivity contribution in [1.29, 1.82) is 0 Å². The molecule has 0 aliphatic carbocycles. The molecule has 116 valence electrons. The minimum absolute atomic E-state index is 0.319. The second-order valence-corrected chi connectivity index (χ2v) is 5.68. The van der Waals surface area contributed by atoms with Crippen molar-refractivity contribution in [3.05, 3.63) is 35.9 Å². The summed E-state index contributed by atoms with van der Waals surface area (Å²) >= 11 is 0. The van der Waals surface area contributed by atoms with E-state index in [1.807, 2.05) is 30.3 Å². The summed E-state index contributed by atoms with van der Waals surface area (Å²) in [4.78, 5) is 14.1. The number of nitrogens with one attached hydrogen (secondary N) is 1. The second kappa shape index (κ2) is 8.67. The molecule has 0 radical (unpaired) electrons. The molecule has 2 rings (SSSR count). The third-order valence-electron chi connectivity index (χ3n) is 4.09. The molecule has 4 nitrogen and oxygen atoms in total. The van der Waals surface area contributed by atoms with Gasteiger partial charge in [0.1, 0.15) is 6.61 Å². The molecule has 1 saturated heterocycles. The molecule has 1 unspecified atom stereocenters. The summed E-state index contributed by atoms with van der Waals surface area (Å²) in [5, 5.41) is 2.83. The molecule has 1 fully saturated rings. The van der Waals surface area contributed by atoms with Crippen LogP contribution in [0.2, 0.25) is 0 Å². The van der Waals surface area contributed by atoms with Gasteiger partial charge in [-0.05, 0) is 43.8 Å². The first kappa shape index (κ1) is 15.8. The van der Waals surface area contributed by atoms with Gasteiger partial charge in [0.2, 0.25) is 0 Å². The Labute approximate surface area is 127 Å². The summed E-state index contributed by atoms with van der Waals surface area (Å²) < 4.78 is 5.18. The molecule has 1 atom stereocenters. The van der Waals surface area contributed by atoms with Crippen molar-refractivity contribution in [2.45, 2.75) is 32.8 Å².